The van der Waals surface area contributed by atoms with E-state index < -0.39 is 0 Å². The van der Waals surface area contributed by atoms with Crippen molar-refractivity contribution in [2.24, 2.45) is 5.92 Å². The van der Waals surface area contributed by atoms with Crippen molar-refractivity contribution in [3.05, 3.63) is 11.9 Å². The lowest BCUT2D eigenvalue weighted by Gasteiger charge is -2.19. The molecule has 2 aliphatic carbocycles. The van der Waals surface area contributed by atoms with E-state index in [4.69, 9.17) is 4.98 Å². The predicted molar refractivity (Wildman–Crippen MR) is 88.5 cm³/mol. The van der Waals surface area contributed by atoms with Crippen LogP contribution >= 0.6 is 11.3 Å². The van der Waals surface area contributed by atoms with Crippen molar-refractivity contribution >= 4 is 21.4 Å². The molecule has 2 N–H and O–H groups in total. The molecule has 2 atom stereocenters. The Morgan fingerprint density at radius 3 is 2.86 bits per heavy atom. The van der Waals surface area contributed by atoms with Gasteiger partial charge in [-0.15, -0.1) is 5.10 Å². The lowest BCUT2D eigenvalue weighted by atomic mass is 10.0. The maximum atomic E-state index is 9.17. The molecular formula is C16H24N4OS. The Morgan fingerprint density at radius 1 is 1.23 bits per heavy atom. The van der Waals surface area contributed by atoms with E-state index in [1.807, 2.05) is 4.52 Å². The van der Waals surface area contributed by atoms with Gasteiger partial charge in [-0.05, 0) is 38.0 Å². The molecule has 0 amide bonds. The van der Waals surface area contributed by atoms with Crippen LogP contribution in [-0.4, -0.2) is 32.4 Å². The number of aliphatic hydroxyl groups excluding tert-OH is 1. The first-order valence-electron chi connectivity index (χ1n) is 8.57. The smallest absolute Gasteiger partial charge is 0.214 e. The Hall–Kier alpha value is -1.14. The van der Waals surface area contributed by atoms with Crippen molar-refractivity contribution in [1.82, 2.24) is 14.6 Å². The number of fused-ring (bicyclic) bond motifs is 1. The van der Waals surface area contributed by atoms with Gasteiger partial charge in [-0.1, -0.05) is 30.6 Å². The Balaban J connectivity index is 1.47. The lowest BCUT2D eigenvalue weighted by Crippen LogP contribution is -2.24. The molecule has 0 bridgehead atoms. The maximum Gasteiger partial charge on any atom is 0.214 e. The molecule has 0 aliphatic heterocycles. The lowest BCUT2D eigenvalue weighted by molar-refractivity contribution is 0.254. The van der Waals surface area contributed by atoms with Crippen LogP contribution in [0.15, 0.2) is 6.20 Å². The van der Waals surface area contributed by atoms with Gasteiger partial charge in [-0.25, -0.2) is 9.50 Å². The summed E-state index contributed by atoms with van der Waals surface area (Å²) in [5.41, 5.74) is 1.22. The van der Waals surface area contributed by atoms with Crippen LogP contribution < -0.4 is 5.32 Å². The Bertz CT molecular complexity index is 600. The fraction of sp³-hybridized carbons (Fsp3) is 0.750. The second-order valence-electron chi connectivity index (χ2n) is 6.74. The molecule has 6 heteroatoms. The van der Waals surface area contributed by atoms with Crippen molar-refractivity contribution in [1.29, 1.82) is 0 Å². The van der Waals surface area contributed by atoms with Crippen molar-refractivity contribution in [2.75, 3.05) is 11.9 Å². The summed E-state index contributed by atoms with van der Waals surface area (Å²) >= 11 is 1.65. The monoisotopic (exact) mass is 320 g/mol. The van der Waals surface area contributed by atoms with E-state index in [2.05, 4.69) is 16.6 Å². The SMILES string of the molecule is OCCC1CCCC1Nc1nn2cc(C3CCCC3)nc2s1. The Kier molecular flexibility index (Phi) is 4.05. The first-order chi connectivity index (χ1) is 10.8. The van der Waals surface area contributed by atoms with Crippen LogP contribution in [0.25, 0.3) is 4.96 Å². The molecule has 120 valence electrons. The molecular weight excluding hydrogens is 296 g/mol. The molecule has 0 saturated heterocycles. The van der Waals surface area contributed by atoms with E-state index in [-0.39, 0.29) is 6.61 Å². The molecule has 5 nitrogen and oxygen atoms in total. The minimum absolute atomic E-state index is 0.286. The molecule has 0 radical (unpaired) electrons. The fourth-order valence-corrected chi connectivity index (χ4v) is 4.94. The zero-order valence-electron chi connectivity index (χ0n) is 12.9. The molecule has 2 aromatic heterocycles. The first kappa shape index (κ1) is 14.5. The van der Waals surface area contributed by atoms with Gasteiger partial charge in [-0.3, -0.25) is 0 Å². The van der Waals surface area contributed by atoms with Gasteiger partial charge in [0.05, 0.1) is 11.9 Å². The van der Waals surface area contributed by atoms with Crippen LogP contribution in [0.5, 0.6) is 0 Å². The summed E-state index contributed by atoms with van der Waals surface area (Å²) in [7, 11) is 0. The number of imidazole rings is 1. The minimum Gasteiger partial charge on any atom is -0.396 e. The van der Waals surface area contributed by atoms with Gasteiger partial charge in [0.2, 0.25) is 10.1 Å². The van der Waals surface area contributed by atoms with Crippen LogP contribution in [0.2, 0.25) is 0 Å². The van der Waals surface area contributed by atoms with Crippen molar-refractivity contribution < 1.29 is 5.11 Å². The van der Waals surface area contributed by atoms with Crippen LogP contribution in [0.1, 0.15) is 63.0 Å². The average molecular weight is 320 g/mol. The molecule has 2 fully saturated rings. The highest BCUT2D eigenvalue weighted by Gasteiger charge is 2.28. The molecule has 4 rings (SSSR count). The summed E-state index contributed by atoms with van der Waals surface area (Å²) in [5.74, 6) is 1.23. The number of anilines is 1. The number of rotatable bonds is 5. The second-order valence-corrected chi connectivity index (χ2v) is 7.69. The average Bonchev–Trinajstić information content (AvgIpc) is 3.22. The maximum absolute atomic E-state index is 9.17. The number of aromatic nitrogens is 3. The highest BCUT2D eigenvalue weighted by atomic mass is 32.1. The van der Waals surface area contributed by atoms with E-state index in [9.17, 15) is 5.11 Å². The van der Waals surface area contributed by atoms with Gasteiger partial charge in [0.15, 0.2) is 0 Å². The predicted octanol–water partition coefficient (Wildman–Crippen LogP) is 3.41. The summed E-state index contributed by atoms with van der Waals surface area (Å²) in [4.78, 5) is 5.79. The third-order valence-electron chi connectivity index (χ3n) is 5.30. The number of hydrogen-bond donors (Lipinski definition) is 2. The topological polar surface area (TPSA) is 62.5 Å². The van der Waals surface area contributed by atoms with Gasteiger partial charge >= 0.3 is 0 Å². The van der Waals surface area contributed by atoms with Crippen LogP contribution in [0.4, 0.5) is 5.13 Å². The second kappa shape index (κ2) is 6.16. The van der Waals surface area contributed by atoms with E-state index in [0.717, 1.165) is 16.5 Å². The summed E-state index contributed by atoms with van der Waals surface area (Å²) in [6.07, 6.45) is 11.9. The van der Waals surface area contributed by atoms with Gasteiger partial charge < -0.3 is 10.4 Å². The van der Waals surface area contributed by atoms with Gasteiger partial charge in [0.25, 0.3) is 0 Å². The molecule has 2 heterocycles. The highest BCUT2D eigenvalue weighted by molar-refractivity contribution is 7.20. The summed E-state index contributed by atoms with van der Waals surface area (Å²) in [6.45, 7) is 0.286. The minimum atomic E-state index is 0.286. The van der Waals surface area contributed by atoms with Gasteiger partial charge in [0.1, 0.15) is 0 Å². The first-order valence-corrected chi connectivity index (χ1v) is 9.38. The van der Waals surface area contributed by atoms with E-state index in [1.165, 1.54) is 50.6 Å². The third-order valence-corrected chi connectivity index (χ3v) is 6.16. The molecule has 0 spiro atoms. The van der Waals surface area contributed by atoms with E-state index in [0.29, 0.717) is 17.9 Å². The molecule has 2 saturated carbocycles. The Labute approximate surface area is 134 Å². The Morgan fingerprint density at radius 2 is 2.09 bits per heavy atom. The van der Waals surface area contributed by atoms with Crippen molar-refractivity contribution in [3.8, 4) is 0 Å². The number of nitrogens with zero attached hydrogens (tertiary/aromatic N) is 3. The normalized spacial score (nSPS) is 26.2. The third kappa shape index (κ3) is 2.74. The van der Waals surface area contributed by atoms with E-state index >= 15 is 0 Å². The fourth-order valence-electron chi connectivity index (χ4n) is 4.09. The molecule has 2 aliphatic rings. The zero-order valence-corrected chi connectivity index (χ0v) is 13.7. The number of hydrogen-bond acceptors (Lipinski definition) is 5. The molecule has 2 aromatic rings. The summed E-state index contributed by atoms with van der Waals surface area (Å²) in [5, 5.41) is 18.4. The quantitative estimate of drug-likeness (QED) is 0.886. The highest BCUT2D eigenvalue weighted by Crippen LogP contribution is 2.35. The molecule has 2 unspecified atom stereocenters. The summed E-state index contributed by atoms with van der Waals surface area (Å²) < 4.78 is 1.94. The molecule has 22 heavy (non-hydrogen) atoms. The van der Waals surface area contributed by atoms with Gasteiger partial charge in [-0.2, -0.15) is 0 Å². The van der Waals surface area contributed by atoms with Gasteiger partial charge in [0, 0.05) is 18.6 Å². The van der Waals surface area contributed by atoms with Crippen LogP contribution in [-0.2, 0) is 0 Å². The summed E-state index contributed by atoms with van der Waals surface area (Å²) in [6, 6.07) is 0.456. The zero-order chi connectivity index (χ0) is 14.9. The number of nitrogens with one attached hydrogen (secondary N) is 1. The van der Waals surface area contributed by atoms with Crippen molar-refractivity contribution in [2.45, 2.75) is 63.3 Å². The largest absolute Gasteiger partial charge is 0.396 e. The van der Waals surface area contributed by atoms with Crippen molar-refractivity contribution in [3.63, 3.8) is 0 Å². The standard InChI is InChI=1S/C16H24N4OS/c21-9-8-12-6-3-7-13(12)17-15-19-20-10-14(18-16(20)22-15)11-4-1-2-5-11/h10-13,21H,1-9H2,(H,17,19). The number of aliphatic hydroxyl groups is 1. The van der Waals surface area contributed by atoms with Crippen LogP contribution in [0.3, 0.4) is 0 Å². The van der Waals surface area contributed by atoms with Crippen LogP contribution in [0, 0.1) is 5.92 Å². The molecule has 0 aromatic carbocycles. The van der Waals surface area contributed by atoms with E-state index in [1.54, 1.807) is 11.3 Å².